The Labute approximate surface area is 84.1 Å². The van der Waals surface area contributed by atoms with E-state index < -0.39 is 0 Å². The first-order chi connectivity index (χ1) is 5.86. The van der Waals surface area contributed by atoms with E-state index in [-0.39, 0.29) is 12.4 Å². The fourth-order valence-corrected chi connectivity index (χ4v) is 1.85. The first kappa shape index (κ1) is 10.5. The lowest BCUT2D eigenvalue weighted by atomic mass is 9.85. The summed E-state index contributed by atoms with van der Waals surface area (Å²) in [5, 5.41) is 3.95. The Morgan fingerprint density at radius 3 is 2.54 bits per heavy atom. The van der Waals surface area contributed by atoms with E-state index in [1.54, 1.807) is 6.26 Å². The molecule has 0 atom stereocenters. The zero-order valence-corrected chi connectivity index (χ0v) is 8.30. The number of hydrogen-bond donors (Lipinski definition) is 1. The van der Waals surface area contributed by atoms with Gasteiger partial charge >= 0.3 is 0 Å². The molecule has 74 valence electrons. The molecular formula is C9H15ClN2O. The van der Waals surface area contributed by atoms with Gasteiger partial charge in [0.1, 0.15) is 6.26 Å². The molecule has 0 spiro atoms. The molecule has 2 N–H and O–H groups in total. The molecule has 0 amide bonds. The van der Waals surface area contributed by atoms with Gasteiger partial charge in [0.2, 0.25) is 0 Å². The molecule has 0 radical (unpaired) electrons. The van der Waals surface area contributed by atoms with Crippen LogP contribution in [0.2, 0.25) is 0 Å². The molecular weight excluding hydrogens is 188 g/mol. The van der Waals surface area contributed by atoms with Crippen LogP contribution < -0.4 is 5.73 Å². The molecule has 0 saturated heterocycles. The van der Waals surface area contributed by atoms with Crippen LogP contribution in [-0.4, -0.2) is 11.2 Å². The Morgan fingerprint density at radius 1 is 1.31 bits per heavy atom. The summed E-state index contributed by atoms with van der Waals surface area (Å²) in [5.41, 5.74) is 6.91. The summed E-state index contributed by atoms with van der Waals surface area (Å²) in [6.07, 6.45) is 6.21. The van der Waals surface area contributed by atoms with Crippen molar-refractivity contribution in [3.8, 4) is 0 Å². The average Bonchev–Trinajstić information content (AvgIpc) is 2.58. The van der Waals surface area contributed by atoms with Gasteiger partial charge in [-0.3, -0.25) is 0 Å². The molecule has 1 aromatic heterocycles. The van der Waals surface area contributed by atoms with E-state index in [0.717, 1.165) is 31.4 Å². The molecule has 1 aliphatic rings. The second kappa shape index (κ2) is 4.63. The van der Waals surface area contributed by atoms with Crippen LogP contribution >= 0.6 is 12.4 Å². The van der Waals surface area contributed by atoms with Crippen LogP contribution in [0.4, 0.5) is 0 Å². The van der Waals surface area contributed by atoms with Crippen molar-refractivity contribution in [2.24, 2.45) is 5.73 Å². The highest BCUT2D eigenvalue weighted by Crippen LogP contribution is 2.30. The maximum atomic E-state index is 5.81. The first-order valence-electron chi connectivity index (χ1n) is 4.52. The van der Waals surface area contributed by atoms with Gasteiger partial charge in [-0.15, -0.1) is 12.4 Å². The van der Waals surface area contributed by atoms with Crippen molar-refractivity contribution in [2.75, 3.05) is 0 Å². The van der Waals surface area contributed by atoms with E-state index in [1.165, 1.54) is 0 Å². The molecule has 3 nitrogen and oxygen atoms in total. The van der Waals surface area contributed by atoms with Gasteiger partial charge in [-0.2, -0.15) is 0 Å². The van der Waals surface area contributed by atoms with Gasteiger partial charge in [0, 0.05) is 18.0 Å². The zero-order chi connectivity index (χ0) is 8.39. The molecule has 0 aromatic carbocycles. The van der Waals surface area contributed by atoms with Gasteiger partial charge in [0.05, 0.1) is 5.69 Å². The number of halogens is 1. The fraction of sp³-hybridized carbons (Fsp3) is 0.667. The molecule has 0 bridgehead atoms. The van der Waals surface area contributed by atoms with Gasteiger partial charge in [-0.1, -0.05) is 5.16 Å². The third kappa shape index (κ3) is 2.45. The Balaban J connectivity index is 0.000000845. The number of nitrogens with zero attached hydrogens (tertiary/aromatic N) is 1. The van der Waals surface area contributed by atoms with Gasteiger partial charge in [0.25, 0.3) is 0 Å². The van der Waals surface area contributed by atoms with Crippen molar-refractivity contribution in [3.63, 3.8) is 0 Å². The normalized spacial score (nSPS) is 28.1. The monoisotopic (exact) mass is 202 g/mol. The molecule has 1 heterocycles. The second-order valence-corrected chi connectivity index (χ2v) is 3.54. The van der Waals surface area contributed by atoms with Crippen LogP contribution in [0.25, 0.3) is 0 Å². The van der Waals surface area contributed by atoms with Crippen molar-refractivity contribution in [2.45, 2.75) is 37.6 Å². The Morgan fingerprint density at radius 2 is 2.00 bits per heavy atom. The minimum Gasteiger partial charge on any atom is -0.365 e. The Hall–Kier alpha value is -0.540. The van der Waals surface area contributed by atoms with Gasteiger partial charge < -0.3 is 10.3 Å². The fourth-order valence-electron chi connectivity index (χ4n) is 1.85. The largest absolute Gasteiger partial charge is 0.365 e. The number of aromatic nitrogens is 1. The molecule has 1 fully saturated rings. The summed E-state index contributed by atoms with van der Waals surface area (Å²) >= 11 is 0. The number of rotatable bonds is 1. The molecule has 0 unspecified atom stereocenters. The molecule has 1 saturated carbocycles. The molecule has 4 heteroatoms. The zero-order valence-electron chi connectivity index (χ0n) is 7.48. The summed E-state index contributed by atoms with van der Waals surface area (Å²) in [6.45, 7) is 0. The summed E-state index contributed by atoms with van der Waals surface area (Å²) < 4.78 is 4.81. The third-order valence-corrected chi connectivity index (χ3v) is 2.65. The van der Waals surface area contributed by atoms with Gasteiger partial charge in [-0.05, 0) is 25.7 Å². The highest BCUT2D eigenvalue weighted by Gasteiger charge is 2.21. The standard InChI is InChI=1S/C9H14N2O.ClH/c10-8-3-1-7(2-4-8)9-5-6-12-11-9;/h5-8H,1-4,10H2;1H/t7-,8-;. The van der Waals surface area contributed by atoms with Crippen molar-refractivity contribution < 1.29 is 4.52 Å². The molecule has 2 rings (SSSR count). The Bertz CT molecular complexity index is 230. The maximum Gasteiger partial charge on any atom is 0.124 e. The highest BCUT2D eigenvalue weighted by molar-refractivity contribution is 5.85. The van der Waals surface area contributed by atoms with E-state index >= 15 is 0 Å². The predicted octanol–water partition coefficient (Wildman–Crippen LogP) is 2.08. The van der Waals surface area contributed by atoms with Crippen LogP contribution in [-0.2, 0) is 0 Å². The lowest BCUT2D eigenvalue weighted by Gasteiger charge is -2.23. The molecule has 1 aliphatic carbocycles. The minimum atomic E-state index is 0. The first-order valence-corrected chi connectivity index (χ1v) is 4.52. The van der Waals surface area contributed by atoms with Crippen LogP contribution in [0, 0.1) is 0 Å². The Kier molecular flexibility index (Phi) is 3.75. The molecule has 1 aromatic rings. The van der Waals surface area contributed by atoms with Gasteiger partial charge in [0.15, 0.2) is 0 Å². The summed E-state index contributed by atoms with van der Waals surface area (Å²) in [6, 6.07) is 2.37. The smallest absolute Gasteiger partial charge is 0.124 e. The lowest BCUT2D eigenvalue weighted by molar-refractivity contribution is 0.361. The van der Waals surface area contributed by atoms with Crippen molar-refractivity contribution in [1.29, 1.82) is 0 Å². The van der Waals surface area contributed by atoms with Crippen LogP contribution in [0.15, 0.2) is 16.9 Å². The summed E-state index contributed by atoms with van der Waals surface area (Å²) in [7, 11) is 0. The third-order valence-electron chi connectivity index (χ3n) is 2.65. The van der Waals surface area contributed by atoms with Crippen LogP contribution in [0.1, 0.15) is 37.3 Å². The van der Waals surface area contributed by atoms with Crippen molar-refractivity contribution >= 4 is 12.4 Å². The van der Waals surface area contributed by atoms with E-state index in [0.29, 0.717) is 12.0 Å². The topological polar surface area (TPSA) is 52.0 Å². The van der Waals surface area contributed by atoms with E-state index in [4.69, 9.17) is 10.3 Å². The molecule has 0 aliphatic heterocycles. The average molecular weight is 203 g/mol. The summed E-state index contributed by atoms with van der Waals surface area (Å²) in [5.74, 6) is 0.587. The van der Waals surface area contributed by atoms with E-state index in [9.17, 15) is 0 Å². The predicted molar refractivity (Wildman–Crippen MR) is 52.9 cm³/mol. The van der Waals surface area contributed by atoms with Crippen molar-refractivity contribution in [1.82, 2.24) is 5.16 Å². The van der Waals surface area contributed by atoms with Gasteiger partial charge in [-0.25, -0.2) is 0 Å². The SMILES string of the molecule is Cl.N[C@H]1CC[C@H](c2ccon2)CC1. The van der Waals surface area contributed by atoms with E-state index in [1.807, 2.05) is 6.07 Å². The highest BCUT2D eigenvalue weighted by atomic mass is 35.5. The van der Waals surface area contributed by atoms with Crippen LogP contribution in [0.5, 0.6) is 0 Å². The minimum absolute atomic E-state index is 0. The van der Waals surface area contributed by atoms with Crippen molar-refractivity contribution in [3.05, 3.63) is 18.0 Å². The lowest BCUT2D eigenvalue weighted by Crippen LogP contribution is -2.25. The number of nitrogens with two attached hydrogens (primary N) is 1. The van der Waals surface area contributed by atoms with Crippen LogP contribution in [0.3, 0.4) is 0 Å². The summed E-state index contributed by atoms with van der Waals surface area (Å²) in [4.78, 5) is 0. The van der Waals surface area contributed by atoms with E-state index in [2.05, 4.69) is 5.16 Å². The maximum absolute atomic E-state index is 5.81. The quantitative estimate of drug-likeness (QED) is 0.759. The second-order valence-electron chi connectivity index (χ2n) is 3.54. The number of hydrogen-bond acceptors (Lipinski definition) is 3. The molecule has 13 heavy (non-hydrogen) atoms.